The van der Waals surface area contributed by atoms with E-state index >= 15 is 0 Å². The molecular formula is C34H20. The van der Waals surface area contributed by atoms with Gasteiger partial charge in [0, 0.05) is 0 Å². The topological polar surface area (TPSA) is 0 Å². The van der Waals surface area contributed by atoms with Crippen molar-refractivity contribution in [1.29, 1.82) is 0 Å². The van der Waals surface area contributed by atoms with Gasteiger partial charge in [-0.3, -0.25) is 0 Å². The summed E-state index contributed by atoms with van der Waals surface area (Å²) in [6, 6.07) is 44.6. The van der Waals surface area contributed by atoms with E-state index in [4.69, 9.17) is 0 Å². The summed E-state index contributed by atoms with van der Waals surface area (Å²) in [6.07, 6.45) is 0. The van der Waals surface area contributed by atoms with Gasteiger partial charge in [-0.2, -0.15) is 0 Å². The van der Waals surface area contributed by atoms with Gasteiger partial charge >= 0.3 is 0 Å². The van der Waals surface area contributed by atoms with Crippen molar-refractivity contribution < 1.29 is 0 Å². The summed E-state index contributed by atoms with van der Waals surface area (Å²) in [4.78, 5) is 0. The fourth-order valence-corrected chi connectivity index (χ4v) is 6.22. The largest absolute Gasteiger partial charge is 0.0622 e. The summed E-state index contributed by atoms with van der Waals surface area (Å²) in [6.45, 7) is 0. The van der Waals surface area contributed by atoms with Crippen LogP contribution in [-0.2, 0) is 0 Å². The van der Waals surface area contributed by atoms with Gasteiger partial charge in [0.05, 0.1) is 0 Å². The first-order valence-corrected chi connectivity index (χ1v) is 11.9. The van der Waals surface area contributed by atoms with E-state index in [0.717, 1.165) is 0 Å². The van der Waals surface area contributed by atoms with E-state index in [1.807, 2.05) is 0 Å². The molecule has 0 saturated carbocycles. The molecule has 0 nitrogen and oxygen atoms in total. The summed E-state index contributed by atoms with van der Waals surface area (Å²) >= 11 is 0. The van der Waals surface area contributed by atoms with Crippen molar-refractivity contribution >= 4 is 53.9 Å². The molecule has 0 heteroatoms. The maximum Gasteiger partial charge on any atom is -0.000741 e. The Morgan fingerprint density at radius 1 is 0.265 bits per heavy atom. The molecule has 0 heterocycles. The maximum absolute atomic E-state index is 2.35. The molecule has 0 unspecified atom stereocenters. The van der Waals surface area contributed by atoms with E-state index in [9.17, 15) is 0 Å². The molecule has 0 aliphatic rings. The minimum absolute atomic E-state index is 1.26. The second-order valence-electron chi connectivity index (χ2n) is 9.27. The van der Waals surface area contributed by atoms with Crippen LogP contribution < -0.4 is 0 Å². The lowest BCUT2D eigenvalue weighted by atomic mass is 9.79. The Labute approximate surface area is 197 Å². The average molecular weight is 429 g/mol. The van der Waals surface area contributed by atoms with E-state index in [-0.39, 0.29) is 0 Å². The molecule has 0 aliphatic carbocycles. The lowest BCUT2D eigenvalue weighted by Crippen LogP contribution is -1.95. The minimum Gasteiger partial charge on any atom is -0.0622 e. The molecule has 8 aromatic carbocycles. The summed E-state index contributed by atoms with van der Waals surface area (Å²) in [5, 5.41) is 13.5. The fourth-order valence-electron chi connectivity index (χ4n) is 6.22. The van der Waals surface area contributed by atoms with Gasteiger partial charge in [-0.15, -0.1) is 0 Å². The number of benzene rings is 8. The van der Waals surface area contributed by atoms with E-state index in [2.05, 4.69) is 121 Å². The average Bonchev–Trinajstić information content (AvgIpc) is 2.91. The Bertz CT molecular complexity index is 1830. The van der Waals surface area contributed by atoms with Crippen molar-refractivity contribution in [2.24, 2.45) is 0 Å². The third-order valence-electron chi connectivity index (χ3n) is 7.54. The number of hydrogen-bond donors (Lipinski definition) is 0. The zero-order chi connectivity index (χ0) is 22.2. The fraction of sp³-hybridized carbons (Fsp3) is 0. The van der Waals surface area contributed by atoms with Gasteiger partial charge in [0.15, 0.2) is 0 Å². The molecule has 0 bridgehead atoms. The van der Waals surface area contributed by atoms with Crippen molar-refractivity contribution in [3.8, 4) is 22.3 Å². The van der Waals surface area contributed by atoms with Gasteiger partial charge < -0.3 is 0 Å². The monoisotopic (exact) mass is 428 g/mol. The molecule has 8 aromatic rings. The third-order valence-corrected chi connectivity index (χ3v) is 7.54. The molecule has 0 amide bonds. The van der Waals surface area contributed by atoms with E-state index < -0.39 is 0 Å². The van der Waals surface area contributed by atoms with Crippen LogP contribution in [0.1, 0.15) is 0 Å². The molecule has 0 fully saturated rings. The quantitative estimate of drug-likeness (QED) is 0.190. The van der Waals surface area contributed by atoms with E-state index in [0.29, 0.717) is 0 Å². The molecule has 8 rings (SSSR count). The van der Waals surface area contributed by atoms with Crippen molar-refractivity contribution in [2.75, 3.05) is 0 Å². The molecule has 0 aromatic heterocycles. The first-order valence-electron chi connectivity index (χ1n) is 11.9. The predicted octanol–water partition coefficient (Wildman–Crippen LogP) is 9.66. The third kappa shape index (κ3) is 2.23. The van der Waals surface area contributed by atoms with Crippen LogP contribution in [0.4, 0.5) is 0 Å². The smallest absolute Gasteiger partial charge is 0.000741 e. The number of hydrogen-bond acceptors (Lipinski definition) is 0. The van der Waals surface area contributed by atoms with Crippen LogP contribution in [-0.4, -0.2) is 0 Å². The highest BCUT2D eigenvalue weighted by Gasteiger charge is 2.23. The van der Waals surface area contributed by atoms with E-state index in [1.165, 1.54) is 76.1 Å². The summed E-state index contributed by atoms with van der Waals surface area (Å²) in [7, 11) is 0. The van der Waals surface area contributed by atoms with Gasteiger partial charge in [-0.25, -0.2) is 0 Å². The molecule has 0 spiro atoms. The summed E-state index contributed by atoms with van der Waals surface area (Å²) < 4.78 is 0. The van der Waals surface area contributed by atoms with Gasteiger partial charge in [0.2, 0.25) is 0 Å². The van der Waals surface area contributed by atoms with Crippen LogP contribution >= 0.6 is 0 Å². The molecule has 0 aliphatic heterocycles. The van der Waals surface area contributed by atoms with Gasteiger partial charge in [-0.1, -0.05) is 121 Å². The first kappa shape index (κ1) is 18.1. The van der Waals surface area contributed by atoms with Crippen LogP contribution in [0.25, 0.3) is 76.1 Å². The maximum atomic E-state index is 2.35. The number of fused-ring (bicyclic) bond motifs is 1. The van der Waals surface area contributed by atoms with Crippen LogP contribution in [0.2, 0.25) is 0 Å². The second kappa shape index (κ2) is 6.56. The Kier molecular flexibility index (Phi) is 3.48. The Hall–Kier alpha value is -4.42. The summed E-state index contributed by atoms with van der Waals surface area (Å²) in [5.74, 6) is 0. The Morgan fingerprint density at radius 2 is 0.706 bits per heavy atom. The first-order chi connectivity index (χ1) is 16.9. The van der Waals surface area contributed by atoms with Crippen molar-refractivity contribution in [3.05, 3.63) is 121 Å². The Morgan fingerprint density at radius 3 is 1.15 bits per heavy atom. The zero-order valence-corrected chi connectivity index (χ0v) is 18.5. The van der Waals surface area contributed by atoms with E-state index in [1.54, 1.807) is 0 Å². The summed E-state index contributed by atoms with van der Waals surface area (Å²) in [5.41, 5.74) is 5.17. The Balaban J connectivity index is 1.77. The van der Waals surface area contributed by atoms with Crippen LogP contribution in [0.15, 0.2) is 121 Å². The number of rotatable bonds is 2. The highest BCUT2D eigenvalue weighted by Crippen LogP contribution is 2.51. The molecule has 0 atom stereocenters. The van der Waals surface area contributed by atoms with Gasteiger partial charge in [-0.05, 0) is 76.1 Å². The molecule has 0 radical (unpaired) electrons. The normalized spacial score (nSPS) is 12.1. The zero-order valence-electron chi connectivity index (χ0n) is 18.5. The van der Waals surface area contributed by atoms with Gasteiger partial charge in [0.1, 0.15) is 0 Å². The van der Waals surface area contributed by atoms with Crippen LogP contribution in [0.3, 0.4) is 0 Å². The van der Waals surface area contributed by atoms with Crippen molar-refractivity contribution in [2.45, 2.75) is 0 Å². The van der Waals surface area contributed by atoms with Crippen LogP contribution in [0, 0.1) is 0 Å². The molecule has 0 saturated heterocycles. The highest BCUT2D eigenvalue weighted by atomic mass is 14.3. The molecule has 0 N–H and O–H groups in total. The molecule has 34 heavy (non-hydrogen) atoms. The SMILES string of the molecule is c1ccc(-c2c(-c3ccccc3)c3ccc4cccc5c6cccc7ccc2c(c76)c3c45)cc1. The predicted molar refractivity (Wildman–Crippen MR) is 147 cm³/mol. The standard InChI is InChI=1S/C34H20/c1-3-9-21(10-4-1)31-27-19-17-23-13-7-15-25-26-16-8-14-24-18-20-28(32(31)22-11-5-2-6-12-22)34(30(24)26)33(27)29(23)25/h1-20H. The van der Waals surface area contributed by atoms with Crippen LogP contribution in [0.5, 0.6) is 0 Å². The lowest BCUT2D eigenvalue weighted by molar-refractivity contribution is 1.63. The van der Waals surface area contributed by atoms with Gasteiger partial charge in [0.25, 0.3) is 0 Å². The lowest BCUT2D eigenvalue weighted by Gasteiger charge is -2.23. The minimum atomic E-state index is 1.26. The van der Waals surface area contributed by atoms with Crippen molar-refractivity contribution in [1.82, 2.24) is 0 Å². The molecule has 156 valence electrons. The molecular weight excluding hydrogens is 408 g/mol. The second-order valence-corrected chi connectivity index (χ2v) is 9.27. The highest BCUT2D eigenvalue weighted by molar-refractivity contribution is 6.42. The van der Waals surface area contributed by atoms with Crippen molar-refractivity contribution in [3.63, 3.8) is 0 Å².